The van der Waals surface area contributed by atoms with Gasteiger partial charge in [-0.1, -0.05) is 6.07 Å². The van der Waals surface area contributed by atoms with Gasteiger partial charge in [0.2, 0.25) is 0 Å². The standard InChI is InChI=1S/C19H27N3O.2ClH/c23-19(17-5-3-7-18-16(17)6-4-10-20-18)22-13-8-15(9-14-22)21-11-1-2-12-21;;/h3,5,7,15,20H,1-2,4,6,8-14H2;2*1H. The van der Waals surface area contributed by atoms with Crippen LogP contribution in [-0.2, 0) is 6.42 Å². The van der Waals surface area contributed by atoms with Gasteiger partial charge in [0, 0.05) is 36.9 Å². The summed E-state index contributed by atoms with van der Waals surface area (Å²) in [6.45, 7) is 5.37. The van der Waals surface area contributed by atoms with E-state index in [-0.39, 0.29) is 30.7 Å². The van der Waals surface area contributed by atoms with Gasteiger partial charge in [0.1, 0.15) is 0 Å². The quantitative estimate of drug-likeness (QED) is 0.844. The van der Waals surface area contributed by atoms with Crippen LogP contribution in [0, 0.1) is 0 Å². The molecular weight excluding hydrogens is 357 g/mol. The molecular formula is C19H29Cl2N3O. The Morgan fingerprint density at radius 1 is 1.00 bits per heavy atom. The first-order valence-corrected chi connectivity index (χ1v) is 9.22. The van der Waals surface area contributed by atoms with Gasteiger partial charge < -0.3 is 15.1 Å². The van der Waals surface area contributed by atoms with Crippen LogP contribution in [-0.4, -0.2) is 54.5 Å². The minimum Gasteiger partial charge on any atom is -0.385 e. The maximum absolute atomic E-state index is 13.0. The number of likely N-dealkylation sites (tertiary alicyclic amines) is 2. The second-order valence-electron chi connectivity index (χ2n) is 7.13. The molecule has 140 valence electrons. The molecule has 0 bridgehead atoms. The Morgan fingerprint density at radius 2 is 1.72 bits per heavy atom. The van der Waals surface area contributed by atoms with Crippen LogP contribution in [0.5, 0.6) is 0 Å². The maximum atomic E-state index is 13.0. The number of piperidine rings is 1. The third kappa shape index (κ3) is 4.24. The first-order valence-electron chi connectivity index (χ1n) is 9.22. The van der Waals surface area contributed by atoms with Crippen LogP contribution in [0.1, 0.15) is 48.0 Å². The number of anilines is 1. The minimum absolute atomic E-state index is 0. The molecule has 4 rings (SSSR count). The summed E-state index contributed by atoms with van der Waals surface area (Å²) in [5.41, 5.74) is 3.31. The highest BCUT2D eigenvalue weighted by atomic mass is 35.5. The SMILES string of the molecule is Cl.Cl.O=C(c1cccc2c1CCCN2)N1CCC(N2CCCC2)CC1. The van der Waals surface area contributed by atoms with Crippen LogP contribution in [0.4, 0.5) is 5.69 Å². The fourth-order valence-corrected chi connectivity index (χ4v) is 4.42. The van der Waals surface area contributed by atoms with E-state index in [9.17, 15) is 4.79 Å². The highest BCUT2D eigenvalue weighted by Crippen LogP contribution is 2.28. The highest BCUT2D eigenvalue weighted by molar-refractivity contribution is 5.97. The molecule has 0 aromatic heterocycles. The third-order valence-corrected chi connectivity index (χ3v) is 5.73. The van der Waals surface area contributed by atoms with E-state index in [4.69, 9.17) is 0 Å². The van der Waals surface area contributed by atoms with Crippen molar-refractivity contribution in [3.05, 3.63) is 29.3 Å². The Morgan fingerprint density at radius 3 is 2.44 bits per heavy atom. The Labute approximate surface area is 163 Å². The molecule has 4 nitrogen and oxygen atoms in total. The molecule has 0 unspecified atom stereocenters. The summed E-state index contributed by atoms with van der Waals surface area (Å²) in [6.07, 6.45) is 7.12. The molecule has 3 aliphatic heterocycles. The van der Waals surface area contributed by atoms with Gasteiger partial charge in [0.05, 0.1) is 0 Å². The largest absolute Gasteiger partial charge is 0.385 e. The molecule has 2 saturated heterocycles. The van der Waals surface area contributed by atoms with E-state index in [0.29, 0.717) is 6.04 Å². The highest BCUT2D eigenvalue weighted by Gasteiger charge is 2.29. The number of hydrogen-bond acceptors (Lipinski definition) is 3. The van der Waals surface area contributed by atoms with Crippen LogP contribution in [0.25, 0.3) is 0 Å². The summed E-state index contributed by atoms with van der Waals surface area (Å²) < 4.78 is 0. The lowest BCUT2D eigenvalue weighted by molar-refractivity contribution is 0.0643. The van der Waals surface area contributed by atoms with E-state index < -0.39 is 0 Å². The van der Waals surface area contributed by atoms with E-state index in [2.05, 4.69) is 21.2 Å². The number of carbonyl (C=O) groups excluding carboxylic acids is 1. The van der Waals surface area contributed by atoms with Crippen LogP contribution in [0.15, 0.2) is 18.2 Å². The number of fused-ring (bicyclic) bond motifs is 1. The molecule has 0 aliphatic carbocycles. The van der Waals surface area contributed by atoms with Gasteiger partial charge in [-0.15, -0.1) is 24.8 Å². The lowest BCUT2D eigenvalue weighted by Gasteiger charge is -2.37. The zero-order valence-corrected chi connectivity index (χ0v) is 16.3. The van der Waals surface area contributed by atoms with Crippen molar-refractivity contribution in [3.63, 3.8) is 0 Å². The van der Waals surface area contributed by atoms with E-state index in [0.717, 1.165) is 56.6 Å². The zero-order chi connectivity index (χ0) is 15.6. The van der Waals surface area contributed by atoms with E-state index in [1.165, 1.54) is 31.5 Å². The van der Waals surface area contributed by atoms with Gasteiger partial charge >= 0.3 is 0 Å². The number of nitrogens with zero attached hydrogens (tertiary/aromatic N) is 2. The van der Waals surface area contributed by atoms with E-state index in [1.54, 1.807) is 0 Å². The summed E-state index contributed by atoms with van der Waals surface area (Å²) >= 11 is 0. The van der Waals surface area contributed by atoms with E-state index in [1.807, 2.05) is 12.1 Å². The number of amides is 1. The molecule has 0 radical (unpaired) electrons. The summed E-state index contributed by atoms with van der Waals surface area (Å²) in [5, 5.41) is 3.43. The van der Waals surface area contributed by atoms with Crippen LogP contribution >= 0.6 is 24.8 Å². The van der Waals surface area contributed by atoms with Crippen molar-refractivity contribution in [2.24, 2.45) is 0 Å². The summed E-state index contributed by atoms with van der Waals surface area (Å²) in [7, 11) is 0. The Bertz CT molecular complexity index is 582. The second kappa shape index (κ2) is 9.11. The molecule has 1 aromatic rings. The molecule has 25 heavy (non-hydrogen) atoms. The van der Waals surface area contributed by atoms with Crippen molar-refractivity contribution in [1.82, 2.24) is 9.80 Å². The maximum Gasteiger partial charge on any atom is 0.254 e. The monoisotopic (exact) mass is 385 g/mol. The van der Waals surface area contributed by atoms with E-state index >= 15 is 0 Å². The van der Waals surface area contributed by atoms with Gasteiger partial charge in [-0.2, -0.15) is 0 Å². The fraction of sp³-hybridized carbons (Fsp3) is 0.632. The lowest BCUT2D eigenvalue weighted by atomic mass is 9.95. The Hall–Kier alpha value is -0.970. The number of halogens is 2. The third-order valence-electron chi connectivity index (χ3n) is 5.73. The van der Waals surface area contributed by atoms with Gasteiger partial charge in [-0.3, -0.25) is 4.79 Å². The van der Waals surface area contributed by atoms with Crippen molar-refractivity contribution in [1.29, 1.82) is 0 Å². The number of hydrogen-bond donors (Lipinski definition) is 1. The van der Waals surface area contributed by atoms with Gasteiger partial charge in [0.15, 0.2) is 0 Å². The number of carbonyl (C=O) groups is 1. The molecule has 1 N–H and O–H groups in total. The Balaban J connectivity index is 0.00000113. The summed E-state index contributed by atoms with van der Waals surface area (Å²) in [6, 6.07) is 6.83. The topological polar surface area (TPSA) is 35.6 Å². The fourth-order valence-electron chi connectivity index (χ4n) is 4.42. The average molecular weight is 386 g/mol. The smallest absolute Gasteiger partial charge is 0.254 e. The van der Waals surface area contributed by atoms with Crippen molar-refractivity contribution in [3.8, 4) is 0 Å². The molecule has 3 aliphatic rings. The molecule has 1 aromatic carbocycles. The van der Waals surface area contributed by atoms with Crippen molar-refractivity contribution < 1.29 is 4.79 Å². The number of rotatable bonds is 2. The van der Waals surface area contributed by atoms with Crippen molar-refractivity contribution >= 4 is 36.4 Å². The summed E-state index contributed by atoms with van der Waals surface area (Å²) in [5.74, 6) is 0.241. The second-order valence-corrected chi connectivity index (χ2v) is 7.13. The van der Waals surface area contributed by atoms with Gasteiger partial charge in [0.25, 0.3) is 5.91 Å². The minimum atomic E-state index is 0. The van der Waals surface area contributed by atoms with Gasteiger partial charge in [-0.25, -0.2) is 0 Å². The lowest BCUT2D eigenvalue weighted by Crippen LogP contribution is -2.46. The first-order chi connectivity index (χ1) is 11.3. The number of nitrogens with one attached hydrogen (secondary N) is 1. The number of benzene rings is 1. The molecule has 1 amide bonds. The average Bonchev–Trinajstić information content (AvgIpc) is 3.15. The predicted molar refractivity (Wildman–Crippen MR) is 107 cm³/mol. The van der Waals surface area contributed by atoms with Crippen LogP contribution in [0.3, 0.4) is 0 Å². The predicted octanol–water partition coefficient (Wildman–Crippen LogP) is 3.59. The van der Waals surface area contributed by atoms with Crippen LogP contribution in [0.2, 0.25) is 0 Å². The molecule has 0 atom stereocenters. The molecule has 0 saturated carbocycles. The molecule has 0 spiro atoms. The van der Waals surface area contributed by atoms with Gasteiger partial charge in [-0.05, 0) is 69.3 Å². The summed E-state index contributed by atoms with van der Waals surface area (Å²) in [4.78, 5) is 17.7. The van der Waals surface area contributed by atoms with Crippen molar-refractivity contribution in [2.45, 2.75) is 44.6 Å². The normalized spacial score (nSPS) is 20.9. The van der Waals surface area contributed by atoms with Crippen molar-refractivity contribution in [2.75, 3.05) is 38.0 Å². The first kappa shape index (κ1) is 20.3. The molecule has 6 heteroatoms. The Kier molecular flexibility index (Phi) is 7.41. The van der Waals surface area contributed by atoms with Crippen LogP contribution < -0.4 is 5.32 Å². The molecule has 2 fully saturated rings. The molecule has 3 heterocycles. The zero-order valence-electron chi connectivity index (χ0n) is 14.7.